The fourth-order valence-corrected chi connectivity index (χ4v) is 8.25. The molecular weight excluding hydrogens is 372 g/mol. The van der Waals surface area contributed by atoms with Crippen LogP contribution in [0.5, 0.6) is 0 Å². The fraction of sp³-hybridized carbons (Fsp3) is 1.00. The van der Waals surface area contributed by atoms with Crippen molar-refractivity contribution < 1.29 is 0 Å². The van der Waals surface area contributed by atoms with Crippen molar-refractivity contribution in [3.63, 3.8) is 0 Å². The molecule has 0 bridgehead atoms. The summed E-state index contributed by atoms with van der Waals surface area (Å²) < 4.78 is 0. The number of rotatable bonds is 10. The third-order valence-corrected chi connectivity index (χ3v) is 11.5. The van der Waals surface area contributed by atoms with Gasteiger partial charge in [-0.2, -0.15) is 0 Å². The maximum absolute atomic E-state index is 2.65. The van der Waals surface area contributed by atoms with E-state index in [4.69, 9.17) is 0 Å². The molecule has 0 spiro atoms. The van der Waals surface area contributed by atoms with Crippen LogP contribution in [0.1, 0.15) is 127 Å². The maximum atomic E-state index is 2.65. The van der Waals surface area contributed by atoms with Gasteiger partial charge in [-0.15, -0.1) is 0 Å². The highest BCUT2D eigenvalue weighted by molar-refractivity contribution is 4.91. The first-order valence-corrected chi connectivity index (χ1v) is 14.7. The van der Waals surface area contributed by atoms with E-state index < -0.39 is 0 Å². The minimum atomic E-state index is 0.886. The highest BCUT2D eigenvalue weighted by Gasteiger charge is 2.41. The van der Waals surface area contributed by atoms with Gasteiger partial charge in [0, 0.05) is 0 Å². The summed E-state index contributed by atoms with van der Waals surface area (Å²) in [5, 5.41) is 0. The van der Waals surface area contributed by atoms with Gasteiger partial charge in [-0.3, -0.25) is 0 Å². The second-order valence-corrected chi connectivity index (χ2v) is 12.8. The van der Waals surface area contributed by atoms with Gasteiger partial charge in [-0.1, -0.05) is 94.9 Å². The van der Waals surface area contributed by atoms with Crippen molar-refractivity contribution in [1.29, 1.82) is 0 Å². The molecule has 0 nitrogen and oxygen atoms in total. The molecule has 0 aromatic carbocycles. The van der Waals surface area contributed by atoms with Crippen molar-refractivity contribution in [2.75, 3.05) is 0 Å². The first-order chi connectivity index (χ1) is 14.7. The summed E-state index contributed by atoms with van der Waals surface area (Å²) >= 11 is 0. The van der Waals surface area contributed by atoms with Crippen LogP contribution in [-0.4, -0.2) is 0 Å². The predicted molar refractivity (Wildman–Crippen MR) is 140 cm³/mol. The van der Waals surface area contributed by atoms with E-state index in [0.717, 1.165) is 71.0 Å². The summed E-state index contributed by atoms with van der Waals surface area (Å²) in [5.41, 5.74) is 0. The summed E-state index contributed by atoms with van der Waals surface area (Å²) in [7, 11) is 0. The summed E-state index contributed by atoms with van der Waals surface area (Å²) in [6.07, 6.45) is 13.0. The zero-order chi connectivity index (χ0) is 23.3. The quantitative estimate of drug-likeness (QED) is 0.322. The zero-order valence-electron chi connectivity index (χ0n) is 23.3. The molecule has 0 saturated heterocycles. The number of hydrogen-bond acceptors (Lipinski definition) is 0. The Morgan fingerprint density at radius 2 is 1.19 bits per heavy atom. The molecule has 12 unspecified atom stereocenters. The average molecular weight is 433 g/mol. The molecule has 0 heterocycles. The van der Waals surface area contributed by atoms with E-state index in [0.29, 0.717) is 0 Å². The Morgan fingerprint density at radius 1 is 0.645 bits per heavy atom. The Labute approximate surface area is 198 Å². The van der Waals surface area contributed by atoms with Crippen molar-refractivity contribution in [3.8, 4) is 0 Å². The van der Waals surface area contributed by atoms with Crippen molar-refractivity contribution in [3.05, 3.63) is 0 Å². The Balaban J connectivity index is 2.06. The summed E-state index contributed by atoms with van der Waals surface area (Å²) in [4.78, 5) is 0. The topological polar surface area (TPSA) is 0 Å². The molecule has 0 heteroatoms. The van der Waals surface area contributed by atoms with Crippen LogP contribution in [-0.2, 0) is 0 Å². The van der Waals surface area contributed by atoms with E-state index in [2.05, 4.69) is 69.2 Å². The molecule has 184 valence electrons. The molecule has 0 aliphatic heterocycles. The van der Waals surface area contributed by atoms with Crippen LogP contribution in [0.4, 0.5) is 0 Å². The Kier molecular flexibility index (Phi) is 11.0. The van der Waals surface area contributed by atoms with Crippen LogP contribution in [0, 0.1) is 71.0 Å². The second-order valence-electron chi connectivity index (χ2n) is 12.8. The van der Waals surface area contributed by atoms with E-state index in [1.54, 1.807) is 0 Å². The fourth-order valence-electron chi connectivity index (χ4n) is 8.25. The van der Waals surface area contributed by atoms with Gasteiger partial charge in [0.05, 0.1) is 0 Å². The highest BCUT2D eigenvalue weighted by atomic mass is 14.5. The van der Waals surface area contributed by atoms with E-state index in [9.17, 15) is 0 Å². The van der Waals surface area contributed by atoms with Gasteiger partial charge >= 0.3 is 0 Å². The van der Waals surface area contributed by atoms with Crippen LogP contribution in [0.3, 0.4) is 0 Å². The molecule has 0 aromatic heterocycles. The lowest BCUT2D eigenvalue weighted by molar-refractivity contribution is 0.0281. The largest absolute Gasteiger partial charge is 0.0651 e. The molecule has 2 aliphatic rings. The molecule has 0 N–H and O–H groups in total. The molecule has 31 heavy (non-hydrogen) atoms. The van der Waals surface area contributed by atoms with Gasteiger partial charge in [-0.25, -0.2) is 0 Å². The standard InChI is InChI=1S/C31H60/c1-11-20(5)23(8)29-16-22(7)31(28(14-4)18-29)19-27(13-3)25(10)30-15-21(6)24(9)26(12-2)17-30/h20-31H,11-19H2,1-10H3. The molecule has 2 rings (SSSR count). The normalized spacial score (nSPS) is 40.8. The minimum absolute atomic E-state index is 0.886. The molecule has 2 aliphatic carbocycles. The van der Waals surface area contributed by atoms with Crippen LogP contribution >= 0.6 is 0 Å². The maximum Gasteiger partial charge on any atom is -0.0357 e. The summed E-state index contributed by atoms with van der Waals surface area (Å²) in [6, 6.07) is 0. The third-order valence-electron chi connectivity index (χ3n) is 11.5. The van der Waals surface area contributed by atoms with Gasteiger partial charge in [-0.05, 0) is 103 Å². The first-order valence-electron chi connectivity index (χ1n) is 14.7. The summed E-state index contributed by atoms with van der Waals surface area (Å²) in [5.74, 6) is 11.3. The van der Waals surface area contributed by atoms with Gasteiger partial charge in [0.2, 0.25) is 0 Å². The molecule has 0 radical (unpaired) electrons. The van der Waals surface area contributed by atoms with Crippen LogP contribution in [0.2, 0.25) is 0 Å². The van der Waals surface area contributed by atoms with Crippen molar-refractivity contribution >= 4 is 0 Å². The van der Waals surface area contributed by atoms with Crippen molar-refractivity contribution in [2.45, 2.75) is 127 Å². The van der Waals surface area contributed by atoms with Crippen LogP contribution < -0.4 is 0 Å². The Hall–Kier alpha value is 0. The van der Waals surface area contributed by atoms with Crippen LogP contribution in [0.15, 0.2) is 0 Å². The Bertz CT molecular complexity index is 494. The van der Waals surface area contributed by atoms with E-state index in [1.807, 2.05) is 0 Å². The lowest BCUT2D eigenvalue weighted by Gasteiger charge is -2.47. The average Bonchev–Trinajstić information content (AvgIpc) is 2.77. The van der Waals surface area contributed by atoms with E-state index >= 15 is 0 Å². The van der Waals surface area contributed by atoms with E-state index in [-0.39, 0.29) is 0 Å². The lowest BCUT2D eigenvalue weighted by Crippen LogP contribution is -2.38. The Morgan fingerprint density at radius 3 is 1.74 bits per heavy atom. The van der Waals surface area contributed by atoms with Crippen molar-refractivity contribution in [2.24, 2.45) is 71.0 Å². The highest BCUT2D eigenvalue weighted by Crippen LogP contribution is 2.50. The lowest BCUT2D eigenvalue weighted by atomic mass is 9.58. The van der Waals surface area contributed by atoms with Crippen LogP contribution in [0.25, 0.3) is 0 Å². The molecule has 2 fully saturated rings. The SMILES string of the molecule is CCC(C)C(C)C1CC(C)C(CC(CC)C(C)C2CC(C)C(C)C(CC)C2)C(CC)C1. The molecular formula is C31H60. The smallest absolute Gasteiger partial charge is 0.0357 e. The van der Waals surface area contributed by atoms with Gasteiger partial charge in [0.25, 0.3) is 0 Å². The first kappa shape index (κ1) is 27.2. The monoisotopic (exact) mass is 432 g/mol. The molecule has 2 saturated carbocycles. The predicted octanol–water partition coefficient (Wildman–Crippen LogP) is 10.1. The minimum Gasteiger partial charge on any atom is -0.0651 e. The van der Waals surface area contributed by atoms with Crippen molar-refractivity contribution in [1.82, 2.24) is 0 Å². The molecule has 0 amide bonds. The van der Waals surface area contributed by atoms with Gasteiger partial charge in [0.15, 0.2) is 0 Å². The molecule has 12 atom stereocenters. The zero-order valence-corrected chi connectivity index (χ0v) is 23.3. The number of hydrogen-bond donors (Lipinski definition) is 0. The molecule has 0 aromatic rings. The van der Waals surface area contributed by atoms with Gasteiger partial charge < -0.3 is 0 Å². The second kappa shape index (κ2) is 12.5. The van der Waals surface area contributed by atoms with E-state index in [1.165, 1.54) is 57.8 Å². The summed E-state index contributed by atoms with van der Waals surface area (Å²) in [6.45, 7) is 25.2. The van der Waals surface area contributed by atoms with Gasteiger partial charge in [0.1, 0.15) is 0 Å². The third kappa shape index (κ3) is 6.53.